The molecule has 0 radical (unpaired) electrons. The Balaban J connectivity index is 1.94. The van der Waals surface area contributed by atoms with Gasteiger partial charge in [0.05, 0.1) is 11.5 Å². The molecule has 2 heterocycles. The van der Waals surface area contributed by atoms with E-state index < -0.39 is 59.4 Å². The molecule has 2 aliphatic carbocycles. The lowest BCUT2D eigenvalue weighted by atomic mass is 9.45. The molecule has 9 atom stereocenters. The molecule has 45 heavy (non-hydrogen) atoms. The summed E-state index contributed by atoms with van der Waals surface area (Å²) >= 11 is 0. The zero-order valence-electron chi connectivity index (χ0n) is 27.1. The molecule has 1 aromatic rings. The summed E-state index contributed by atoms with van der Waals surface area (Å²) in [7, 11) is 0. The van der Waals surface area contributed by atoms with Crippen molar-refractivity contribution in [2.45, 2.75) is 98.4 Å². The van der Waals surface area contributed by atoms with E-state index in [0.29, 0.717) is 37.7 Å². The first-order chi connectivity index (χ1) is 21.3. The number of nitrogens with zero attached hydrogens (tertiary/aromatic N) is 1. The van der Waals surface area contributed by atoms with Crippen LogP contribution in [0, 0.1) is 28.6 Å². The van der Waals surface area contributed by atoms with Crippen LogP contribution in [0.4, 0.5) is 0 Å². The third-order valence-electron chi connectivity index (χ3n) is 10.1. The number of aromatic nitrogens is 1. The van der Waals surface area contributed by atoms with Gasteiger partial charge in [-0.05, 0) is 67.6 Å². The Kier molecular flexibility index (Phi) is 10.4. The van der Waals surface area contributed by atoms with E-state index in [1.54, 1.807) is 37.4 Å². The Morgan fingerprint density at radius 1 is 1.13 bits per heavy atom. The maximum Gasteiger partial charge on any atom is 0.340 e. The second-order valence-corrected chi connectivity index (χ2v) is 12.8. The van der Waals surface area contributed by atoms with Gasteiger partial charge in [-0.15, -0.1) is 0 Å². The van der Waals surface area contributed by atoms with Crippen LogP contribution < -0.4 is 0 Å². The summed E-state index contributed by atoms with van der Waals surface area (Å²) in [6.45, 7) is 18.5. The van der Waals surface area contributed by atoms with Crippen molar-refractivity contribution in [2.24, 2.45) is 28.6 Å². The number of carbonyl (C=O) groups excluding carboxylic acids is 4. The zero-order valence-corrected chi connectivity index (χ0v) is 27.1. The summed E-state index contributed by atoms with van der Waals surface area (Å²) in [6.07, 6.45) is 5.00. The SMILES string of the molecule is C=CC(=C)CC[C@]1(C)[C@H]2C[C@H](OC(=O)C(C)CC)C=C3[C@H](OC(C)=O)O[C@H](OC(C)=O)[C@@]32[C@H](OC(=O)c2cccnc2)C[C@@H]1C. The van der Waals surface area contributed by atoms with Gasteiger partial charge in [0.2, 0.25) is 12.6 Å². The molecule has 0 N–H and O–H groups in total. The van der Waals surface area contributed by atoms with Crippen molar-refractivity contribution in [1.29, 1.82) is 0 Å². The van der Waals surface area contributed by atoms with E-state index in [2.05, 4.69) is 32.0 Å². The molecule has 1 saturated heterocycles. The molecule has 2 fully saturated rings. The van der Waals surface area contributed by atoms with Crippen LogP contribution in [0.1, 0.15) is 84.0 Å². The molecule has 0 aromatic carbocycles. The summed E-state index contributed by atoms with van der Waals surface area (Å²) in [4.78, 5) is 55.7. The minimum Gasteiger partial charge on any atom is -0.458 e. The second-order valence-electron chi connectivity index (χ2n) is 12.8. The predicted octanol–water partition coefficient (Wildman–Crippen LogP) is 5.87. The number of hydrogen-bond donors (Lipinski definition) is 0. The normalized spacial score (nSPS) is 32.5. The molecule has 244 valence electrons. The maximum atomic E-state index is 13.6. The number of esters is 4. The molecule has 1 saturated carbocycles. The van der Waals surface area contributed by atoms with E-state index >= 15 is 0 Å². The van der Waals surface area contributed by atoms with E-state index in [1.165, 1.54) is 20.0 Å². The van der Waals surface area contributed by atoms with Crippen LogP contribution in [0.25, 0.3) is 0 Å². The first kappa shape index (κ1) is 34.1. The van der Waals surface area contributed by atoms with Crippen LogP contribution in [-0.4, -0.2) is 53.6 Å². The van der Waals surface area contributed by atoms with Crippen LogP contribution in [0.5, 0.6) is 0 Å². The van der Waals surface area contributed by atoms with Gasteiger partial charge in [-0.1, -0.05) is 52.5 Å². The van der Waals surface area contributed by atoms with Gasteiger partial charge in [0, 0.05) is 31.8 Å². The highest BCUT2D eigenvalue weighted by Crippen LogP contribution is 2.68. The van der Waals surface area contributed by atoms with Crippen molar-refractivity contribution < 1.29 is 42.9 Å². The lowest BCUT2D eigenvalue weighted by Gasteiger charge is -2.61. The molecule has 3 aliphatic rings. The van der Waals surface area contributed by atoms with Gasteiger partial charge >= 0.3 is 23.9 Å². The number of rotatable bonds is 11. The Morgan fingerprint density at radius 2 is 1.84 bits per heavy atom. The minimum absolute atomic E-state index is 0.0199. The van der Waals surface area contributed by atoms with Crippen molar-refractivity contribution in [1.82, 2.24) is 4.98 Å². The fourth-order valence-corrected chi connectivity index (χ4v) is 7.24. The first-order valence-corrected chi connectivity index (χ1v) is 15.6. The molecule has 1 unspecified atom stereocenters. The van der Waals surface area contributed by atoms with E-state index in [-0.39, 0.29) is 23.4 Å². The molecular weight excluding hydrogens is 578 g/mol. The number of carbonyl (C=O) groups is 4. The van der Waals surface area contributed by atoms with E-state index in [9.17, 15) is 19.2 Å². The van der Waals surface area contributed by atoms with Gasteiger partial charge < -0.3 is 18.9 Å². The molecule has 10 nitrogen and oxygen atoms in total. The third kappa shape index (κ3) is 6.61. The summed E-state index contributed by atoms with van der Waals surface area (Å²) < 4.78 is 30.2. The molecular formula is C35H45NO9. The van der Waals surface area contributed by atoms with Crippen molar-refractivity contribution in [3.8, 4) is 0 Å². The van der Waals surface area contributed by atoms with Gasteiger partial charge in [-0.25, -0.2) is 4.79 Å². The maximum absolute atomic E-state index is 13.6. The molecule has 1 spiro atoms. The van der Waals surface area contributed by atoms with E-state index in [0.717, 1.165) is 5.57 Å². The molecule has 1 aromatic heterocycles. The van der Waals surface area contributed by atoms with Gasteiger partial charge in [0.1, 0.15) is 17.6 Å². The molecule has 4 rings (SSSR count). The highest BCUT2D eigenvalue weighted by Gasteiger charge is 2.72. The number of allylic oxidation sites excluding steroid dienone is 2. The smallest absolute Gasteiger partial charge is 0.340 e. The predicted molar refractivity (Wildman–Crippen MR) is 164 cm³/mol. The van der Waals surface area contributed by atoms with Crippen LogP contribution in [-0.2, 0) is 38.1 Å². The van der Waals surface area contributed by atoms with Crippen LogP contribution in [0.2, 0.25) is 0 Å². The molecule has 0 amide bonds. The fraction of sp³-hybridized carbons (Fsp3) is 0.571. The topological polar surface area (TPSA) is 127 Å². The summed E-state index contributed by atoms with van der Waals surface area (Å²) in [5.74, 6) is -2.94. The Morgan fingerprint density at radius 3 is 2.44 bits per heavy atom. The van der Waals surface area contributed by atoms with Crippen molar-refractivity contribution in [3.63, 3.8) is 0 Å². The highest BCUT2D eigenvalue weighted by atomic mass is 16.8. The Hall–Kier alpha value is -3.79. The standard InChI is InChI=1S/C35H45NO9/c1-9-20(3)13-14-34(8)22(5)16-29(44-31(40)25-12-11-15-36-19-25)35-27(32(41-23(6)37)45-33(35)42-24(7)38)17-26(18-28(34)35)43-30(39)21(4)10-2/h9,11-12,15,17,19,21-22,26,28-29,32-33H,1,3,10,13-14,16,18H2,2,4-8H3/t21?,22-,26+,28+,29+,32+,33-,34-,35-/m0/s1. The minimum atomic E-state index is -1.26. The van der Waals surface area contributed by atoms with E-state index in [1.807, 2.05) is 6.92 Å². The second kappa shape index (κ2) is 13.7. The van der Waals surface area contributed by atoms with Crippen molar-refractivity contribution in [3.05, 3.63) is 66.5 Å². The third-order valence-corrected chi connectivity index (χ3v) is 10.1. The van der Waals surface area contributed by atoms with Gasteiger partial charge in [-0.2, -0.15) is 0 Å². The number of ether oxygens (including phenoxy) is 5. The number of hydrogen-bond acceptors (Lipinski definition) is 10. The summed E-state index contributed by atoms with van der Waals surface area (Å²) in [5.41, 5.74) is -0.177. The van der Waals surface area contributed by atoms with Crippen LogP contribution in [0.15, 0.2) is 61.0 Å². The quantitative estimate of drug-likeness (QED) is 0.128. The molecule has 10 heteroatoms. The monoisotopic (exact) mass is 623 g/mol. The van der Waals surface area contributed by atoms with Crippen molar-refractivity contribution in [2.75, 3.05) is 0 Å². The number of pyridine rings is 1. The van der Waals surface area contributed by atoms with Crippen molar-refractivity contribution >= 4 is 23.9 Å². The van der Waals surface area contributed by atoms with Gasteiger partial charge in [0.15, 0.2) is 0 Å². The molecule has 0 bridgehead atoms. The van der Waals surface area contributed by atoms with Gasteiger partial charge in [-0.3, -0.25) is 24.1 Å². The summed E-state index contributed by atoms with van der Waals surface area (Å²) in [6, 6.07) is 3.25. The zero-order chi connectivity index (χ0) is 33.1. The highest BCUT2D eigenvalue weighted by molar-refractivity contribution is 5.89. The first-order valence-electron chi connectivity index (χ1n) is 15.6. The summed E-state index contributed by atoms with van der Waals surface area (Å²) in [5, 5.41) is 0. The largest absolute Gasteiger partial charge is 0.458 e. The lowest BCUT2D eigenvalue weighted by molar-refractivity contribution is -0.254. The van der Waals surface area contributed by atoms with Crippen LogP contribution in [0.3, 0.4) is 0 Å². The molecule has 1 aliphatic heterocycles. The Bertz CT molecular complexity index is 1360. The fourth-order valence-electron chi connectivity index (χ4n) is 7.24. The lowest BCUT2D eigenvalue weighted by Crippen LogP contribution is -2.64. The van der Waals surface area contributed by atoms with E-state index in [4.69, 9.17) is 23.7 Å². The Labute approximate surface area is 265 Å². The average molecular weight is 624 g/mol. The van der Waals surface area contributed by atoms with Gasteiger partial charge in [0.25, 0.3) is 0 Å². The van der Waals surface area contributed by atoms with Crippen LogP contribution >= 0.6 is 0 Å². The average Bonchev–Trinajstić information content (AvgIpc) is 3.29.